The molecule has 3 rings (SSSR count). The van der Waals surface area contributed by atoms with Gasteiger partial charge in [-0.1, -0.05) is 24.0 Å². The van der Waals surface area contributed by atoms with Gasteiger partial charge in [-0.05, 0) is 56.4 Å². The molecule has 5 nitrogen and oxygen atoms in total. The van der Waals surface area contributed by atoms with E-state index in [0.717, 1.165) is 42.9 Å². The summed E-state index contributed by atoms with van der Waals surface area (Å²) in [4.78, 5) is 12.7. The third-order valence-corrected chi connectivity index (χ3v) is 5.15. The number of aromatic nitrogens is 1. The van der Waals surface area contributed by atoms with Gasteiger partial charge in [0.15, 0.2) is 0 Å². The topological polar surface area (TPSA) is 60.7 Å². The Balaban J connectivity index is 1.73. The zero-order chi connectivity index (χ0) is 19.9. The maximum absolute atomic E-state index is 12.7. The summed E-state index contributed by atoms with van der Waals surface area (Å²) in [5.41, 5.74) is 2.66. The largest absolute Gasteiger partial charge is 0.493 e. The fraction of sp³-hybridized carbons (Fsp3) is 0.435. The zero-order valence-corrected chi connectivity index (χ0v) is 16.5. The van der Waals surface area contributed by atoms with Crippen LogP contribution in [0.4, 0.5) is 0 Å². The van der Waals surface area contributed by atoms with Crippen LogP contribution in [0.5, 0.6) is 5.75 Å². The first-order chi connectivity index (χ1) is 13.6. The molecule has 5 heteroatoms. The molecule has 1 aliphatic heterocycles. The predicted octanol–water partition coefficient (Wildman–Crippen LogP) is 2.92. The van der Waals surface area contributed by atoms with E-state index in [0.29, 0.717) is 18.3 Å². The summed E-state index contributed by atoms with van der Waals surface area (Å²) in [6, 6.07) is 11.1. The molecule has 2 heterocycles. The second-order valence-electron chi connectivity index (χ2n) is 7.17. The van der Waals surface area contributed by atoms with E-state index >= 15 is 0 Å². The van der Waals surface area contributed by atoms with Gasteiger partial charge in [-0.15, -0.1) is 0 Å². The van der Waals surface area contributed by atoms with Gasteiger partial charge in [-0.25, -0.2) is 0 Å². The predicted molar refractivity (Wildman–Crippen MR) is 109 cm³/mol. The van der Waals surface area contributed by atoms with Crippen LogP contribution >= 0.6 is 0 Å². The van der Waals surface area contributed by atoms with Gasteiger partial charge in [-0.3, -0.25) is 4.79 Å². The van der Waals surface area contributed by atoms with Crippen LogP contribution in [-0.4, -0.2) is 36.1 Å². The van der Waals surface area contributed by atoms with Crippen LogP contribution in [0, 0.1) is 24.7 Å². The lowest BCUT2D eigenvalue weighted by Gasteiger charge is -2.23. The molecule has 1 aromatic carbocycles. The van der Waals surface area contributed by atoms with Crippen LogP contribution in [0.1, 0.15) is 42.6 Å². The molecule has 2 aromatic rings. The summed E-state index contributed by atoms with van der Waals surface area (Å²) in [7, 11) is 0. The Bertz CT molecular complexity index is 899. The van der Waals surface area contributed by atoms with Crippen LogP contribution in [0.15, 0.2) is 41.2 Å². The summed E-state index contributed by atoms with van der Waals surface area (Å²) in [5.74, 6) is 6.63. The summed E-state index contributed by atoms with van der Waals surface area (Å²) < 4.78 is 13.0. The van der Waals surface area contributed by atoms with Crippen molar-refractivity contribution in [3.63, 3.8) is 0 Å². The van der Waals surface area contributed by atoms with Crippen molar-refractivity contribution in [1.29, 1.82) is 0 Å². The number of aliphatic hydroxyl groups is 1. The third-order valence-electron chi connectivity index (χ3n) is 5.15. The number of rotatable bonds is 5. The van der Waals surface area contributed by atoms with Gasteiger partial charge in [0.1, 0.15) is 12.4 Å². The number of hydrogen-bond acceptors (Lipinski definition) is 4. The van der Waals surface area contributed by atoms with Crippen molar-refractivity contribution in [3.05, 3.63) is 63.6 Å². The Morgan fingerprint density at radius 1 is 1.25 bits per heavy atom. The lowest BCUT2D eigenvalue weighted by Crippen LogP contribution is -2.26. The molecule has 0 saturated carbocycles. The summed E-state index contributed by atoms with van der Waals surface area (Å²) >= 11 is 0. The van der Waals surface area contributed by atoms with Crippen LogP contribution in [0.25, 0.3) is 0 Å². The molecular weight excluding hydrogens is 354 g/mol. The monoisotopic (exact) mass is 381 g/mol. The molecule has 1 fully saturated rings. The van der Waals surface area contributed by atoms with Crippen molar-refractivity contribution in [2.24, 2.45) is 5.92 Å². The molecular formula is C23H27NO4. The first-order valence-corrected chi connectivity index (χ1v) is 9.72. The average molecular weight is 381 g/mol. The van der Waals surface area contributed by atoms with E-state index in [-0.39, 0.29) is 18.2 Å². The molecule has 1 aromatic heterocycles. The molecule has 0 unspecified atom stereocenters. The first kappa shape index (κ1) is 20.2. The van der Waals surface area contributed by atoms with Gasteiger partial charge in [-0.2, -0.15) is 0 Å². The number of aryl methyl sites for hydroxylation is 1. The highest BCUT2D eigenvalue weighted by Crippen LogP contribution is 2.22. The third kappa shape index (κ3) is 5.03. The van der Waals surface area contributed by atoms with E-state index < -0.39 is 0 Å². The fourth-order valence-corrected chi connectivity index (χ4v) is 3.52. The normalized spacial score (nSPS) is 15.5. The van der Waals surface area contributed by atoms with Crippen molar-refractivity contribution < 1.29 is 14.6 Å². The summed E-state index contributed by atoms with van der Waals surface area (Å²) in [6.45, 7) is 5.98. The van der Waals surface area contributed by atoms with Crippen molar-refractivity contribution in [3.8, 4) is 17.6 Å². The molecule has 148 valence electrons. The van der Waals surface area contributed by atoms with Gasteiger partial charge in [0.05, 0.1) is 12.6 Å². The van der Waals surface area contributed by atoms with Gasteiger partial charge >= 0.3 is 0 Å². The van der Waals surface area contributed by atoms with Crippen molar-refractivity contribution in [2.45, 2.75) is 32.7 Å². The molecule has 28 heavy (non-hydrogen) atoms. The molecule has 0 spiro atoms. The lowest BCUT2D eigenvalue weighted by atomic mass is 10.0. The number of ether oxygens (including phenoxy) is 2. The van der Waals surface area contributed by atoms with Crippen LogP contribution in [0.3, 0.4) is 0 Å². The number of benzene rings is 1. The van der Waals surface area contributed by atoms with Crippen molar-refractivity contribution in [1.82, 2.24) is 4.57 Å². The highest BCUT2D eigenvalue weighted by atomic mass is 16.5. The summed E-state index contributed by atoms with van der Waals surface area (Å²) in [5, 5.41) is 8.79. The minimum Gasteiger partial charge on any atom is -0.493 e. The molecule has 1 saturated heterocycles. The Kier molecular flexibility index (Phi) is 6.91. The minimum atomic E-state index is -0.157. The molecule has 0 bridgehead atoms. The standard InChI is InChI=1S/C23H27NO4/c1-17-14-22(28-16-20-9-12-27-13-10-20)15-23(26)24(17)18(2)21-7-5-19(6-8-21)4-3-11-25/h5-8,14-15,18,20,25H,9-13,16H2,1-2H3/t18-/m0/s1. The molecule has 1 aliphatic rings. The smallest absolute Gasteiger partial charge is 0.254 e. The van der Waals surface area contributed by atoms with Gasteiger partial charge in [0, 0.05) is 30.5 Å². The van der Waals surface area contributed by atoms with E-state index in [9.17, 15) is 4.79 Å². The maximum Gasteiger partial charge on any atom is 0.254 e. The highest BCUT2D eigenvalue weighted by molar-refractivity contribution is 5.37. The van der Waals surface area contributed by atoms with Gasteiger partial charge < -0.3 is 19.1 Å². The Morgan fingerprint density at radius 3 is 2.61 bits per heavy atom. The quantitative estimate of drug-likeness (QED) is 0.809. The molecule has 0 aliphatic carbocycles. The van der Waals surface area contributed by atoms with Crippen LogP contribution < -0.4 is 10.3 Å². The summed E-state index contributed by atoms with van der Waals surface area (Å²) in [6.07, 6.45) is 2.01. The van der Waals surface area contributed by atoms with E-state index in [1.54, 1.807) is 10.6 Å². The van der Waals surface area contributed by atoms with Crippen LogP contribution in [0.2, 0.25) is 0 Å². The molecule has 0 amide bonds. The second-order valence-corrected chi connectivity index (χ2v) is 7.17. The van der Waals surface area contributed by atoms with Crippen molar-refractivity contribution in [2.75, 3.05) is 26.4 Å². The van der Waals surface area contributed by atoms with E-state index in [2.05, 4.69) is 11.8 Å². The lowest BCUT2D eigenvalue weighted by molar-refractivity contribution is 0.0497. The number of pyridine rings is 1. The first-order valence-electron chi connectivity index (χ1n) is 9.72. The Labute approximate surface area is 165 Å². The second kappa shape index (κ2) is 9.59. The van der Waals surface area contributed by atoms with Gasteiger partial charge in [0.25, 0.3) is 5.56 Å². The Hall–Kier alpha value is -2.55. The van der Waals surface area contributed by atoms with E-state index in [1.807, 2.05) is 44.2 Å². The molecule has 1 atom stereocenters. The Morgan fingerprint density at radius 2 is 1.96 bits per heavy atom. The highest BCUT2D eigenvalue weighted by Gasteiger charge is 2.16. The number of nitrogens with zero attached hydrogens (tertiary/aromatic N) is 1. The maximum atomic E-state index is 12.7. The minimum absolute atomic E-state index is 0.0707. The zero-order valence-electron chi connectivity index (χ0n) is 16.5. The fourth-order valence-electron chi connectivity index (χ4n) is 3.52. The van der Waals surface area contributed by atoms with Gasteiger partial charge in [0.2, 0.25) is 0 Å². The van der Waals surface area contributed by atoms with E-state index in [4.69, 9.17) is 14.6 Å². The van der Waals surface area contributed by atoms with E-state index in [1.165, 1.54) is 0 Å². The average Bonchev–Trinajstić information content (AvgIpc) is 2.71. The molecule has 0 radical (unpaired) electrons. The van der Waals surface area contributed by atoms with Crippen molar-refractivity contribution >= 4 is 0 Å². The number of hydrogen-bond donors (Lipinski definition) is 1. The SMILES string of the molecule is Cc1cc(OCC2CCOCC2)cc(=O)n1[C@@H](C)c1ccc(C#CCO)cc1. The van der Waals surface area contributed by atoms with Crippen LogP contribution in [-0.2, 0) is 4.74 Å². The number of aliphatic hydroxyl groups excluding tert-OH is 1. The molecule has 1 N–H and O–H groups in total.